The highest BCUT2D eigenvalue weighted by Crippen LogP contribution is 2.35. The molecule has 3 N–H and O–H groups in total. The van der Waals surface area contributed by atoms with Crippen molar-refractivity contribution in [1.82, 2.24) is 5.32 Å². The van der Waals surface area contributed by atoms with Gasteiger partial charge in [0, 0.05) is 29.3 Å². The van der Waals surface area contributed by atoms with E-state index in [1.807, 2.05) is 30.3 Å². The Hall–Kier alpha value is -1.47. The van der Waals surface area contributed by atoms with Crippen LogP contribution in [0.1, 0.15) is 29.0 Å². The van der Waals surface area contributed by atoms with Crippen molar-refractivity contribution in [3.8, 4) is 0 Å². The lowest BCUT2D eigenvalue weighted by molar-refractivity contribution is 0.0906. The summed E-state index contributed by atoms with van der Waals surface area (Å²) < 4.78 is 7.14. The number of hydrogen-bond acceptors (Lipinski definition) is 5. The average molecular weight is 409 g/mol. The van der Waals surface area contributed by atoms with Crippen LogP contribution in [0.3, 0.4) is 0 Å². The van der Waals surface area contributed by atoms with E-state index in [2.05, 4.69) is 16.8 Å². The minimum absolute atomic E-state index is 0. The number of fused-ring (bicyclic) bond motifs is 1. The molecule has 0 aliphatic heterocycles. The fourth-order valence-electron chi connectivity index (χ4n) is 3.02. The van der Waals surface area contributed by atoms with E-state index in [1.54, 1.807) is 23.1 Å². The van der Waals surface area contributed by atoms with Gasteiger partial charge in [-0.3, -0.25) is 4.79 Å². The van der Waals surface area contributed by atoms with Crippen molar-refractivity contribution in [3.63, 3.8) is 0 Å². The number of para-hydroxylation sites is 1. The average Bonchev–Trinajstić information content (AvgIpc) is 3.21. The van der Waals surface area contributed by atoms with Crippen LogP contribution in [-0.4, -0.2) is 18.5 Å². The molecule has 1 unspecified atom stereocenters. The lowest BCUT2D eigenvalue weighted by Gasteiger charge is -2.15. The Labute approximate surface area is 166 Å². The minimum atomic E-state index is -0.152. The molecule has 1 aromatic carbocycles. The lowest BCUT2D eigenvalue weighted by atomic mass is 10.1. The van der Waals surface area contributed by atoms with E-state index in [0.29, 0.717) is 24.0 Å². The van der Waals surface area contributed by atoms with Gasteiger partial charge in [0.15, 0.2) is 5.76 Å². The summed E-state index contributed by atoms with van der Waals surface area (Å²) in [5.74, 6) is 1.49. The number of thiophene rings is 1. The van der Waals surface area contributed by atoms with Gasteiger partial charge in [-0.15, -0.1) is 35.5 Å². The second-order valence-electron chi connectivity index (χ2n) is 6.28. The van der Waals surface area contributed by atoms with Crippen molar-refractivity contribution in [2.24, 2.45) is 11.7 Å². The first-order valence-corrected chi connectivity index (χ1v) is 10.3. The molecule has 0 spiro atoms. The zero-order chi connectivity index (χ0) is 17.2. The van der Waals surface area contributed by atoms with Crippen LogP contribution >= 0.6 is 35.5 Å². The molecule has 4 nitrogen and oxygen atoms in total. The molecule has 1 saturated carbocycles. The summed E-state index contributed by atoms with van der Waals surface area (Å²) >= 11 is 3.43. The second kappa shape index (κ2) is 8.48. The van der Waals surface area contributed by atoms with Crippen molar-refractivity contribution in [1.29, 1.82) is 0 Å². The van der Waals surface area contributed by atoms with Gasteiger partial charge in [-0.1, -0.05) is 24.3 Å². The number of carbonyl (C=O) groups excluding carboxylic acids is 1. The molecule has 1 fully saturated rings. The van der Waals surface area contributed by atoms with Crippen LogP contribution in [0, 0.1) is 5.92 Å². The number of nitrogens with one attached hydrogen (secondary N) is 1. The Bertz CT molecular complexity index is 875. The van der Waals surface area contributed by atoms with Crippen molar-refractivity contribution in [3.05, 3.63) is 53.1 Å². The SMILES string of the molecule is Cl.NCC(NC(=O)c1oc2ccccc2c1CSc1cccs1)C1CC1. The van der Waals surface area contributed by atoms with Gasteiger partial charge in [0.1, 0.15) is 5.58 Å². The van der Waals surface area contributed by atoms with Gasteiger partial charge >= 0.3 is 0 Å². The molecule has 0 saturated heterocycles. The normalized spacial score (nSPS) is 14.8. The summed E-state index contributed by atoms with van der Waals surface area (Å²) in [6.45, 7) is 0.468. The molecule has 1 aliphatic carbocycles. The van der Waals surface area contributed by atoms with Crippen LogP contribution in [0.15, 0.2) is 50.4 Å². The second-order valence-corrected chi connectivity index (χ2v) is 8.50. The molecule has 3 aromatic rings. The number of benzene rings is 1. The zero-order valence-corrected chi connectivity index (χ0v) is 16.6. The van der Waals surface area contributed by atoms with E-state index in [0.717, 1.165) is 29.4 Å². The Morgan fingerprint density at radius 1 is 1.31 bits per heavy atom. The number of nitrogens with two attached hydrogens (primary N) is 1. The van der Waals surface area contributed by atoms with E-state index in [4.69, 9.17) is 10.2 Å². The molecule has 1 aliphatic rings. The minimum Gasteiger partial charge on any atom is -0.451 e. The quantitative estimate of drug-likeness (QED) is 0.557. The molecule has 0 bridgehead atoms. The standard InChI is InChI=1S/C19H20N2O2S2.ClH/c20-10-15(12-7-8-12)21-19(22)18-14(11-25-17-6-3-9-24-17)13-4-1-2-5-16(13)23-18;/h1-6,9,12,15H,7-8,10-11,20H2,(H,21,22);1H. The predicted octanol–water partition coefficient (Wildman–Crippen LogP) is 4.68. The van der Waals surface area contributed by atoms with Crippen LogP contribution in [-0.2, 0) is 5.75 Å². The first-order valence-electron chi connectivity index (χ1n) is 8.44. The molecule has 138 valence electrons. The van der Waals surface area contributed by atoms with Crippen LogP contribution < -0.4 is 11.1 Å². The van der Waals surface area contributed by atoms with Crippen LogP contribution in [0.25, 0.3) is 11.0 Å². The third-order valence-electron chi connectivity index (χ3n) is 4.52. The van der Waals surface area contributed by atoms with Crippen LogP contribution in [0.5, 0.6) is 0 Å². The Kier molecular flexibility index (Phi) is 6.29. The van der Waals surface area contributed by atoms with Gasteiger partial charge in [-0.05, 0) is 36.3 Å². The number of thioether (sulfide) groups is 1. The number of furan rings is 1. The first-order chi connectivity index (χ1) is 12.3. The number of carbonyl (C=O) groups is 1. The van der Waals surface area contributed by atoms with E-state index >= 15 is 0 Å². The number of amides is 1. The van der Waals surface area contributed by atoms with Gasteiger partial charge in [0.2, 0.25) is 0 Å². The molecule has 1 amide bonds. The van der Waals surface area contributed by atoms with Gasteiger partial charge in [-0.25, -0.2) is 0 Å². The molecule has 0 radical (unpaired) electrons. The zero-order valence-electron chi connectivity index (χ0n) is 14.1. The van der Waals surface area contributed by atoms with E-state index in [-0.39, 0.29) is 24.4 Å². The highest BCUT2D eigenvalue weighted by molar-refractivity contribution is 8.00. The van der Waals surface area contributed by atoms with Gasteiger partial charge in [0.05, 0.1) is 4.21 Å². The fourth-order valence-corrected chi connectivity index (χ4v) is 4.83. The van der Waals surface area contributed by atoms with E-state index in [1.165, 1.54) is 4.21 Å². The maximum Gasteiger partial charge on any atom is 0.287 e. The number of halogens is 1. The van der Waals surface area contributed by atoms with Crippen molar-refractivity contribution in [2.75, 3.05) is 6.54 Å². The largest absolute Gasteiger partial charge is 0.451 e. The van der Waals surface area contributed by atoms with Crippen molar-refractivity contribution >= 4 is 52.4 Å². The van der Waals surface area contributed by atoms with Crippen LogP contribution in [0.2, 0.25) is 0 Å². The van der Waals surface area contributed by atoms with Crippen molar-refractivity contribution < 1.29 is 9.21 Å². The third kappa shape index (κ3) is 4.09. The third-order valence-corrected chi connectivity index (χ3v) is 6.68. The highest BCUT2D eigenvalue weighted by atomic mass is 35.5. The topological polar surface area (TPSA) is 68.3 Å². The summed E-state index contributed by atoms with van der Waals surface area (Å²) in [5.41, 5.74) is 7.54. The summed E-state index contributed by atoms with van der Waals surface area (Å²) in [6.07, 6.45) is 2.28. The molecule has 7 heteroatoms. The Morgan fingerprint density at radius 3 is 2.81 bits per heavy atom. The molecular formula is C19H21ClN2O2S2. The first kappa shape index (κ1) is 19.3. The molecule has 2 aromatic heterocycles. The number of rotatable bonds is 7. The summed E-state index contributed by atoms with van der Waals surface area (Å²) in [7, 11) is 0. The maximum absolute atomic E-state index is 12.8. The van der Waals surface area contributed by atoms with Gasteiger partial charge < -0.3 is 15.5 Å². The predicted molar refractivity (Wildman–Crippen MR) is 110 cm³/mol. The highest BCUT2D eigenvalue weighted by Gasteiger charge is 2.32. The van der Waals surface area contributed by atoms with Gasteiger partial charge in [-0.2, -0.15) is 0 Å². The van der Waals surface area contributed by atoms with Crippen molar-refractivity contribution in [2.45, 2.75) is 28.8 Å². The molecule has 4 rings (SSSR count). The van der Waals surface area contributed by atoms with E-state index < -0.39 is 0 Å². The monoisotopic (exact) mass is 408 g/mol. The molecule has 1 atom stereocenters. The molecular weight excluding hydrogens is 388 g/mol. The molecule has 2 heterocycles. The summed E-state index contributed by atoms with van der Waals surface area (Å²) in [4.78, 5) is 12.8. The van der Waals surface area contributed by atoms with Crippen LogP contribution in [0.4, 0.5) is 0 Å². The maximum atomic E-state index is 12.8. The Morgan fingerprint density at radius 2 is 2.12 bits per heavy atom. The molecule has 26 heavy (non-hydrogen) atoms. The summed E-state index contributed by atoms with van der Waals surface area (Å²) in [5, 5.41) is 6.14. The fraction of sp³-hybridized carbons (Fsp3) is 0.316. The number of hydrogen-bond donors (Lipinski definition) is 2. The lowest BCUT2D eigenvalue weighted by Crippen LogP contribution is -2.41. The smallest absolute Gasteiger partial charge is 0.287 e. The summed E-state index contributed by atoms with van der Waals surface area (Å²) in [6, 6.07) is 12.0. The Balaban J connectivity index is 0.00000196. The van der Waals surface area contributed by atoms with Gasteiger partial charge in [0.25, 0.3) is 5.91 Å². The van der Waals surface area contributed by atoms with E-state index in [9.17, 15) is 4.79 Å².